The average molecular weight is 278 g/mol. The smallest absolute Gasteiger partial charge is 0.225 e. The van der Waals surface area contributed by atoms with Crippen molar-refractivity contribution in [2.24, 2.45) is 0 Å². The normalized spacial score (nSPS) is 25.5. The van der Waals surface area contributed by atoms with E-state index in [9.17, 15) is 0 Å². The van der Waals surface area contributed by atoms with Crippen LogP contribution in [-0.4, -0.2) is 46.6 Å². The summed E-state index contributed by atoms with van der Waals surface area (Å²) in [7, 11) is 0. The predicted molar refractivity (Wildman–Crippen MR) is 80.7 cm³/mol. The molecule has 0 aromatic carbocycles. The van der Waals surface area contributed by atoms with Crippen LogP contribution in [0.4, 0.5) is 5.95 Å². The summed E-state index contributed by atoms with van der Waals surface area (Å²) in [6, 6.07) is 3.30. The minimum absolute atomic E-state index is 0.684. The number of nitrogens with one attached hydrogen (secondary N) is 1. The van der Waals surface area contributed by atoms with Crippen molar-refractivity contribution in [3.63, 3.8) is 0 Å². The molecule has 0 radical (unpaired) electrons. The lowest BCUT2D eigenvalue weighted by Gasteiger charge is -2.35. The van der Waals surface area contributed by atoms with Gasteiger partial charge in [-0.15, -0.1) is 0 Å². The first-order chi connectivity index (χ1) is 9.42. The quantitative estimate of drug-likeness (QED) is 0.915. The van der Waals surface area contributed by atoms with Crippen LogP contribution in [0.15, 0.2) is 18.5 Å². The van der Waals surface area contributed by atoms with Gasteiger partial charge in [0.05, 0.1) is 0 Å². The Bertz CT molecular complexity index is 372. The average Bonchev–Trinajstić information content (AvgIpc) is 2.50. The Morgan fingerprint density at radius 1 is 1.11 bits per heavy atom. The third-order valence-corrected chi connectivity index (χ3v) is 5.18. The van der Waals surface area contributed by atoms with Crippen molar-refractivity contribution in [1.29, 1.82) is 0 Å². The molecule has 3 heterocycles. The summed E-state index contributed by atoms with van der Waals surface area (Å²) in [6.07, 6.45) is 8.80. The highest BCUT2D eigenvalue weighted by molar-refractivity contribution is 7.99. The van der Waals surface area contributed by atoms with Gasteiger partial charge in [0, 0.05) is 43.3 Å². The lowest BCUT2D eigenvalue weighted by molar-refractivity contribution is 0.364. The molecular weight excluding hydrogens is 256 g/mol. The summed E-state index contributed by atoms with van der Waals surface area (Å²) in [5.41, 5.74) is 0. The summed E-state index contributed by atoms with van der Waals surface area (Å²) in [4.78, 5) is 11.0. The van der Waals surface area contributed by atoms with Gasteiger partial charge in [0.2, 0.25) is 5.95 Å². The van der Waals surface area contributed by atoms with Crippen molar-refractivity contribution in [3.05, 3.63) is 18.5 Å². The van der Waals surface area contributed by atoms with Crippen molar-refractivity contribution in [3.8, 4) is 0 Å². The fourth-order valence-electron chi connectivity index (χ4n) is 2.91. The van der Waals surface area contributed by atoms with Gasteiger partial charge in [-0.05, 0) is 37.5 Å². The fourth-order valence-corrected chi connectivity index (χ4v) is 3.99. The molecule has 1 unspecified atom stereocenters. The van der Waals surface area contributed by atoms with Crippen molar-refractivity contribution in [1.82, 2.24) is 15.3 Å². The maximum atomic E-state index is 4.33. The van der Waals surface area contributed by atoms with Crippen LogP contribution >= 0.6 is 11.8 Å². The molecule has 0 saturated carbocycles. The lowest BCUT2D eigenvalue weighted by Crippen LogP contribution is -2.48. The summed E-state index contributed by atoms with van der Waals surface area (Å²) in [6.45, 7) is 2.14. The lowest BCUT2D eigenvalue weighted by atomic mass is 10.0. The molecule has 2 aliphatic heterocycles. The molecule has 1 aromatic rings. The zero-order valence-corrected chi connectivity index (χ0v) is 12.1. The van der Waals surface area contributed by atoms with Crippen molar-refractivity contribution >= 4 is 17.7 Å². The molecule has 0 bridgehead atoms. The van der Waals surface area contributed by atoms with Gasteiger partial charge in [0.25, 0.3) is 0 Å². The zero-order chi connectivity index (χ0) is 12.9. The summed E-state index contributed by atoms with van der Waals surface area (Å²) >= 11 is 2.10. The number of nitrogens with zero attached hydrogens (tertiary/aromatic N) is 3. The maximum absolute atomic E-state index is 4.33. The highest BCUT2D eigenvalue weighted by Crippen LogP contribution is 2.20. The Balaban J connectivity index is 1.46. The van der Waals surface area contributed by atoms with Gasteiger partial charge in [0.1, 0.15) is 0 Å². The number of anilines is 1. The van der Waals surface area contributed by atoms with Crippen LogP contribution in [-0.2, 0) is 0 Å². The van der Waals surface area contributed by atoms with Gasteiger partial charge in [-0.3, -0.25) is 0 Å². The first kappa shape index (κ1) is 13.2. The molecule has 2 fully saturated rings. The molecule has 1 aromatic heterocycles. The van der Waals surface area contributed by atoms with Crippen LogP contribution < -0.4 is 10.2 Å². The van der Waals surface area contributed by atoms with Gasteiger partial charge >= 0.3 is 0 Å². The van der Waals surface area contributed by atoms with E-state index in [4.69, 9.17) is 0 Å². The molecule has 4 nitrogen and oxygen atoms in total. The number of rotatable bonds is 3. The Hall–Kier alpha value is -0.810. The summed E-state index contributed by atoms with van der Waals surface area (Å²) < 4.78 is 0. The van der Waals surface area contributed by atoms with Gasteiger partial charge in [-0.1, -0.05) is 0 Å². The Kier molecular flexibility index (Phi) is 4.56. The SMILES string of the molecule is c1cnc(N2CCC(NC3CCCSC3)CC2)nc1. The molecule has 1 atom stereocenters. The minimum Gasteiger partial charge on any atom is -0.341 e. The van der Waals surface area contributed by atoms with Crippen molar-refractivity contribution in [2.45, 2.75) is 37.8 Å². The topological polar surface area (TPSA) is 41.1 Å². The highest BCUT2D eigenvalue weighted by Gasteiger charge is 2.23. The molecule has 0 spiro atoms. The highest BCUT2D eigenvalue weighted by atomic mass is 32.2. The summed E-state index contributed by atoms with van der Waals surface area (Å²) in [5.74, 6) is 3.53. The van der Waals surface area contributed by atoms with E-state index < -0.39 is 0 Å². The van der Waals surface area contributed by atoms with E-state index in [1.54, 1.807) is 0 Å². The first-order valence-electron chi connectivity index (χ1n) is 7.27. The second-order valence-electron chi connectivity index (χ2n) is 5.39. The molecular formula is C14H22N4S. The predicted octanol–water partition coefficient (Wildman–Crippen LogP) is 1.93. The number of piperidine rings is 1. The van der Waals surface area contributed by atoms with E-state index in [-0.39, 0.29) is 0 Å². The Morgan fingerprint density at radius 2 is 1.89 bits per heavy atom. The molecule has 2 saturated heterocycles. The fraction of sp³-hybridized carbons (Fsp3) is 0.714. The molecule has 5 heteroatoms. The Labute approximate surface area is 119 Å². The second-order valence-corrected chi connectivity index (χ2v) is 6.54. The zero-order valence-electron chi connectivity index (χ0n) is 11.3. The van der Waals surface area contributed by atoms with E-state index in [0.29, 0.717) is 6.04 Å². The van der Waals surface area contributed by atoms with E-state index in [1.807, 2.05) is 18.5 Å². The molecule has 0 amide bonds. The van der Waals surface area contributed by atoms with Crippen LogP contribution in [0.5, 0.6) is 0 Å². The standard InChI is InChI=1S/C14H22N4S/c1-3-13(11-19-10-1)17-12-4-8-18(9-5-12)14-15-6-2-7-16-14/h2,6-7,12-13,17H,1,3-5,8-11H2. The molecule has 19 heavy (non-hydrogen) atoms. The second kappa shape index (κ2) is 6.57. The number of hydrogen-bond donors (Lipinski definition) is 1. The van der Waals surface area contributed by atoms with Gasteiger partial charge in [0.15, 0.2) is 0 Å². The molecule has 0 aliphatic carbocycles. The van der Waals surface area contributed by atoms with Gasteiger partial charge < -0.3 is 10.2 Å². The number of aromatic nitrogens is 2. The first-order valence-corrected chi connectivity index (χ1v) is 8.43. The van der Waals surface area contributed by atoms with Crippen LogP contribution in [0.1, 0.15) is 25.7 Å². The van der Waals surface area contributed by atoms with Gasteiger partial charge in [-0.25, -0.2) is 9.97 Å². The third-order valence-electron chi connectivity index (χ3n) is 3.96. The van der Waals surface area contributed by atoms with E-state index >= 15 is 0 Å². The van der Waals surface area contributed by atoms with Crippen molar-refractivity contribution < 1.29 is 0 Å². The number of thioether (sulfide) groups is 1. The monoisotopic (exact) mass is 278 g/mol. The van der Waals surface area contributed by atoms with E-state index in [0.717, 1.165) is 25.1 Å². The third kappa shape index (κ3) is 3.60. The maximum Gasteiger partial charge on any atom is 0.225 e. The van der Waals surface area contributed by atoms with Crippen molar-refractivity contribution in [2.75, 3.05) is 29.5 Å². The largest absolute Gasteiger partial charge is 0.341 e. The number of hydrogen-bond acceptors (Lipinski definition) is 5. The molecule has 1 N–H and O–H groups in total. The minimum atomic E-state index is 0.684. The van der Waals surface area contributed by atoms with Crippen LogP contribution in [0.25, 0.3) is 0 Å². The molecule has 2 aliphatic rings. The molecule has 3 rings (SSSR count). The van der Waals surface area contributed by atoms with Crippen LogP contribution in [0, 0.1) is 0 Å². The van der Waals surface area contributed by atoms with Crippen LogP contribution in [0.2, 0.25) is 0 Å². The molecule has 104 valence electrons. The van der Waals surface area contributed by atoms with E-state index in [2.05, 4.69) is 31.9 Å². The summed E-state index contributed by atoms with van der Waals surface area (Å²) in [5, 5.41) is 3.84. The van der Waals surface area contributed by atoms with Gasteiger partial charge in [-0.2, -0.15) is 11.8 Å². The van der Waals surface area contributed by atoms with Crippen LogP contribution in [0.3, 0.4) is 0 Å². The Morgan fingerprint density at radius 3 is 2.58 bits per heavy atom. The van der Waals surface area contributed by atoms with E-state index in [1.165, 1.54) is 37.2 Å².